The van der Waals surface area contributed by atoms with Crippen LogP contribution in [0.5, 0.6) is 0 Å². The zero-order valence-corrected chi connectivity index (χ0v) is 11.3. The summed E-state index contributed by atoms with van der Waals surface area (Å²) in [5.41, 5.74) is 0.524. The summed E-state index contributed by atoms with van der Waals surface area (Å²) in [7, 11) is 0. The highest BCUT2D eigenvalue weighted by molar-refractivity contribution is 7.09. The molecule has 0 radical (unpaired) electrons. The SMILES string of the molecule is O=C(O)c1csc(CCn2nc3cc(F)c(F)cc3n2)n1. The number of benzene rings is 1. The Labute approximate surface area is 120 Å². The van der Waals surface area contributed by atoms with Crippen molar-refractivity contribution < 1.29 is 18.7 Å². The Hall–Kier alpha value is -2.42. The van der Waals surface area contributed by atoms with Crippen molar-refractivity contribution in [1.29, 1.82) is 0 Å². The molecule has 0 aliphatic carbocycles. The maximum absolute atomic E-state index is 13.1. The molecule has 3 rings (SSSR count). The molecule has 0 atom stereocenters. The van der Waals surface area contributed by atoms with Crippen molar-refractivity contribution in [2.45, 2.75) is 13.0 Å². The van der Waals surface area contributed by atoms with E-state index in [1.54, 1.807) is 0 Å². The van der Waals surface area contributed by atoms with E-state index < -0.39 is 17.6 Å². The smallest absolute Gasteiger partial charge is 0.355 e. The summed E-state index contributed by atoms with van der Waals surface area (Å²) in [4.78, 5) is 16.0. The zero-order chi connectivity index (χ0) is 15.0. The van der Waals surface area contributed by atoms with E-state index >= 15 is 0 Å². The lowest BCUT2D eigenvalue weighted by Gasteiger charge is -1.95. The number of rotatable bonds is 4. The summed E-state index contributed by atoms with van der Waals surface area (Å²) in [6.07, 6.45) is 0.434. The van der Waals surface area contributed by atoms with E-state index in [1.807, 2.05) is 0 Å². The van der Waals surface area contributed by atoms with Gasteiger partial charge >= 0.3 is 5.97 Å². The number of aromatic nitrogens is 4. The van der Waals surface area contributed by atoms with Crippen LogP contribution in [0, 0.1) is 11.6 Å². The average Bonchev–Trinajstić information content (AvgIpc) is 3.03. The fourth-order valence-electron chi connectivity index (χ4n) is 1.78. The van der Waals surface area contributed by atoms with Gasteiger partial charge in [0.2, 0.25) is 0 Å². The van der Waals surface area contributed by atoms with Gasteiger partial charge in [0.05, 0.1) is 11.6 Å². The van der Waals surface area contributed by atoms with E-state index in [0.29, 0.717) is 18.0 Å². The normalized spacial score (nSPS) is 11.1. The van der Waals surface area contributed by atoms with E-state index in [-0.39, 0.29) is 16.7 Å². The summed E-state index contributed by atoms with van der Waals surface area (Å²) in [6, 6.07) is 1.97. The van der Waals surface area contributed by atoms with Crippen molar-refractivity contribution >= 4 is 28.3 Å². The lowest BCUT2D eigenvalue weighted by Crippen LogP contribution is -2.05. The van der Waals surface area contributed by atoms with Gasteiger partial charge in [-0.2, -0.15) is 15.0 Å². The predicted octanol–water partition coefficient (Wildman–Crippen LogP) is 2.11. The molecule has 1 N–H and O–H groups in total. The number of halogens is 2. The standard InChI is InChI=1S/C12H8F2N4O2S/c13-6-3-8-9(4-7(6)14)17-18(16-8)2-1-11-15-10(5-21-11)12(19)20/h3-5H,1-2H2,(H,19,20). The first-order valence-electron chi connectivity index (χ1n) is 5.90. The second-order valence-corrected chi connectivity index (χ2v) is 5.18. The fourth-order valence-corrected chi connectivity index (χ4v) is 2.54. The van der Waals surface area contributed by atoms with Crippen LogP contribution >= 0.6 is 11.3 Å². The van der Waals surface area contributed by atoms with Gasteiger partial charge in [-0.05, 0) is 0 Å². The molecule has 2 aromatic heterocycles. The number of hydrogen-bond acceptors (Lipinski definition) is 5. The summed E-state index contributed by atoms with van der Waals surface area (Å²) in [5.74, 6) is -3.02. The molecule has 0 spiro atoms. The summed E-state index contributed by atoms with van der Waals surface area (Å²) in [5, 5.41) is 18.9. The van der Waals surface area contributed by atoms with Gasteiger partial charge in [-0.15, -0.1) is 11.3 Å². The van der Waals surface area contributed by atoms with Crippen LogP contribution in [0.15, 0.2) is 17.5 Å². The van der Waals surface area contributed by atoms with Gasteiger partial charge in [0.1, 0.15) is 11.0 Å². The van der Waals surface area contributed by atoms with Crippen molar-refractivity contribution in [2.24, 2.45) is 0 Å². The third-order valence-electron chi connectivity index (χ3n) is 2.76. The number of carbonyl (C=O) groups is 1. The highest BCUT2D eigenvalue weighted by Gasteiger charge is 2.11. The number of aromatic carboxylic acids is 1. The van der Waals surface area contributed by atoms with Crippen LogP contribution in [0.25, 0.3) is 11.0 Å². The minimum absolute atomic E-state index is 0.00210. The predicted molar refractivity (Wildman–Crippen MR) is 70.2 cm³/mol. The van der Waals surface area contributed by atoms with E-state index in [9.17, 15) is 13.6 Å². The summed E-state index contributed by atoms with van der Waals surface area (Å²) >= 11 is 1.23. The van der Waals surface area contributed by atoms with E-state index in [2.05, 4.69) is 15.2 Å². The van der Waals surface area contributed by atoms with Crippen LogP contribution in [-0.2, 0) is 13.0 Å². The van der Waals surface area contributed by atoms with E-state index in [0.717, 1.165) is 12.1 Å². The molecule has 6 nitrogen and oxygen atoms in total. The maximum Gasteiger partial charge on any atom is 0.355 e. The molecule has 0 aliphatic heterocycles. The van der Waals surface area contributed by atoms with E-state index in [4.69, 9.17) is 5.11 Å². The first-order chi connectivity index (χ1) is 10.0. The Kier molecular flexibility index (Phi) is 3.34. The van der Waals surface area contributed by atoms with E-state index in [1.165, 1.54) is 21.5 Å². The van der Waals surface area contributed by atoms with Gasteiger partial charge in [-0.1, -0.05) is 0 Å². The molecule has 3 aromatic rings. The number of aryl methyl sites for hydroxylation is 2. The Morgan fingerprint density at radius 2 is 1.86 bits per heavy atom. The molecule has 0 amide bonds. The van der Waals surface area contributed by atoms with Crippen molar-refractivity contribution in [3.05, 3.63) is 39.8 Å². The monoisotopic (exact) mass is 310 g/mol. The van der Waals surface area contributed by atoms with Crippen LogP contribution in [0.2, 0.25) is 0 Å². The molecule has 2 heterocycles. The lowest BCUT2D eigenvalue weighted by molar-refractivity contribution is 0.0691. The largest absolute Gasteiger partial charge is 0.476 e. The topological polar surface area (TPSA) is 80.9 Å². The molecule has 0 fully saturated rings. The van der Waals surface area contributed by atoms with Crippen LogP contribution < -0.4 is 0 Å². The van der Waals surface area contributed by atoms with Gasteiger partial charge < -0.3 is 5.11 Å². The highest BCUT2D eigenvalue weighted by atomic mass is 32.1. The molecule has 108 valence electrons. The molecule has 0 bridgehead atoms. The molecular weight excluding hydrogens is 302 g/mol. The lowest BCUT2D eigenvalue weighted by atomic mass is 10.3. The fraction of sp³-hybridized carbons (Fsp3) is 0.167. The zero-order valence-electron chi connectivity index (χ0n) is 10.5. The Balaban J connectivity index is 1.77. The average molecular weight is 310 g/mol. The quantitative estimate of drug-likeness (QED) is 0.798. The molecule has 0 saturated heterocycles. The van der Waals surface area contributed by atoms with Crippen LogP contribution in [0.4, 0.5) is 8.78 Å². The number of thiazole rings is 1. The van der Waals surface area contributed by atoms with Gasteiger partial charge in [0.15, 0.2) is 17.3 Å². The van der Waals surface area contributed by atoms with Gasteiger partial charge in [-0.25, -0.2) is 18.6 Å². The number of carboxylic acid groups (broad SMARTS) is 1. The van der Waals surface area contributed by atoms with Gasteiger partial charge in [0, 0.05) is 23.9 Å². The Bertz CT molecular complexity index is 791. The van der Waals surface area contributed by atoms with Gasteiger partial charge in [-0.3, -0.25) is 0 Å². The number of nitrogens with zero attached hydrogens (tertiary/aromatic N) is 4. The van der Waals surface area contributed by atoms with Crippen LogP contribution in [-0.4, -0.2) is 31.1 Å². The minimum atomic E-state index is -1.08. The Morgan fingerprint density at radius 3 is 2.38 bits per heavy atom. The maximum atomic E-state index is 13.1. The van der Waals surface area contributed by atoms with Crippen LogP contribution in [0.3, 0.4) is 0 Å². The minimum Gasteiger partial charge on any atom is -0.476 e. The molecule has 0 unspecified atom stereocenters. The highest BCUT2D eigenvalue weighted by Crippen LogP contribution is 2.15. The third kappa shape index (κ3) is 2.72. The molecule has 0 aliphatic rings. The molecule has 9 heteroatoms. The van der Waals surface area contributed by atoms with Crippen molar-refractivity contribution in [1.82, 2.24) is 20.0 Å². The second-order valence-electron chi connectivity index (χ2n) is 4.23. The molecule has 21 heavy (non-hydrogen) atoms. The van der Waals surface area contributed by atoms with Crippen molar-refractivity contribution in [2.75, 3.05) is 0 Å². The Morgan fingerprint density at radius 1 is 1.24 bits per heavy atom. The van der Waals surface area contributed by atoms with Crippen molar-refractivity contribution in [3.8, 4) is 0 Å². The summed E-state index contributed by atoms with van der Waals surface area (Å²) in [6.45, 7) is 0.338. The number of fused-ring (bicyclic) bond motifs is 1. The third-order valence-corrected chi connectivity index (χ3v) is 3.67. The van der Waals surface area contributed by atoms with Gasteiger partial charge in [0.25, 0.3) is 0 Å². The van der Waals surface area contributed by atoms with Crippen molar-refractivity contribution in [3.63, 3.8) is 0 Å². The molecule has 0 saturated carbocycles. The first-order valence-corrected chi connectivity index (χ1v) is 6.78. The molecule has 1 aromatic carbocycles. The first kappa shape index (κ1) is 13.6. The summed E-state index contributed by atoms with van der Waals surface area (Å²) < 4.78 is 26.1. The van der Waals surface area contributed by atoms with Crippen LogP contribution in [0.1, 0.15) is 15.5 Å². The number of carboxylic acids is 1. The second kappa shape index (κ2) is 5.17. The number of hydrogen-bond donors (Lipinski definition) is 1. The molecular formula is C12H8F2N4O2S.